The fourth-order valence-electron chi connectivity index (χ4n) is 2.57. The number of hydrogen-bond donors (Lipinski definition) is 1. The molecule has 24 heavy (non-hydrogen) atoms. The summed E-state index contributed by atoms with van der Waals surface area (Å²) in [4.78, 5) is 18.3. The molecule has 2 aromatic heterocycles. The van der Waals surface area contributed by atoms with E-state index in [1.165, 1.54) is 0 Å². The van der Waals surface area contributed by atoms with Gasteiger partial charge in [-0.1, -0.05) is 22.0 Å². The monoisotopic (exact) mass is 399 g/mol. The van der Waals surface area contributed by atoms with Crippen LogP contribution in [0.2, 0.25) is 0 Å². The smallest absolute Gasteiger partial charge is 0.267 e. The van der Waals surface area contributed by atoms with Crippen LogP contribution < -0.4 is 5.43 Å². The van der Waals surface area contributed by atoms with Crippen molar-refractivity contribution in [2.24, 2.45) is 5.10 Å². The van der Waals surface area contributed by atoms with Crippen molar-refractivity contribution in [3.8, 4) is 0 Å². The Balaban J connectivity index is 1.68. The van der Waals surface area contributed by atoms with E-state index in [4.69, 9.17) is 4.98 Å². The molecule has 3 aromatic rings. The lowest BCUT2D eigenvalue weighted by Gasteiger charge is -2.08. The number of carbonyl (C=O) groups excluding carboxylic acids is 1. The molecule has 1 N–H and O–H groups in total. The van der Waals surface area contributed by atoms with Crippen LogP contribution in [0, 0.1) is 0 Å². The van der Waals surface area contributed by atoms with E-state index in [0.717, 1.165) is 38.8 Å². The van der Waals surface area contributed by atoms with E-state index >= 15 is 0 Å². The second kappa shape index (κ2) is 6.45. The average molecular weight is 400 g/mol. The molecule has 1 aromatic carbocycles. The van der Waals surface area contributed by atoms with Gasteiger partial charge >= 0.3 is 0 Å². The third-order valence-electron chi connectivity index (χ3n) is 3.93. The molecule has 1 aliphatic rings. The van der Waals surface area contributed by atoms with Crippen LogP contribution in [0.25, 0.3) is 10.9 Å². The van der Waals surface area contributed by atoms with Gasteiger partial charge in [-0.25, -0.2) is 5.43 Å². The van der Waals surface area contributed by atoms with E-state index in [-0.39, 0.29) is 5.91 Å². The zero-order valence-corrected chi connectivity index (χ0v) is 15.1. The lowest BCUT2D eigenvalue weighted by molar-refractivity contribution is 0.0956. The van der Waals surface area contributed by atoms with Gasteiger partial charge in [0.2, 0.25) is 0 Å². The average Bonchev–Trinajstić information content (AvgIpc) is 3.31. The number of fused-ring (bicyclic) bond motifs is 1. The molecule has 120 valence electrons. The van der Waals surface area contributed by atoms with E-state index in [1.807, 2.05) is 41.8 Å². The summed E-state index contributed by atoms with van der Waals surface area (Å²) in [5.41, 5.74) is 5.09. The summed E-state index contributed by atoms with van der Waals surface area (Å²) in [5, 5.41) is 6.87. The van der Waals surface area contributed by atoms with E-state index in [1.54, 1.807) is 17.6 Å². The first-order chi connectivity index (χ1) is 11.7. The van der Waals surface area contributed by atoms with Crippen LogP contribution in [-0.4, -0.2) is 17.1 Å². The van der Waals surface area contributed by atoms with Crippen molar-refractivity contribution >= 4 is 50.3 Å². The summed E-state index contributed by atoms with van der Waals surface area (Å²) >= 11 is 5.04. The van der Waals surface area contributed by atoms with Crippen LogP contribution in [0.1, 0.15) is 39.7 Å². The Hall–Kier alpha value is -2.05. The minimum absolute atomic E-state index is 0.213. The topological polar surface area (TPSA) is 54.4 Å². The molecule has 0 aliphatic heterocycles. The third-order valence-corrected chi connectivity index (χ3v) is 5.23. The summed E-state index contributed by atoms with van der Waals surface area (Å²) in [6, 6.07) is 11.6. The van der Waals surface area contributed by atoms with Gasteiger partial charge in [0, 0.05) is 26.3 Å². The maximum absolute atomic E-state index is 12.6. The molecule has 2 heterocycles. The number of rotatable bonds is 4. The molecule has 0 spiro atoms. The highest BCUT2D eigenvalue weighted by molar-refractivity contribution is 9.10. The first-order valence-electron chi connectivity index (χ1n) is 7.68. The second-order valence-electron chi connectivity index (χ2n) is 5.74. The SMILES string of the molecule is O=C(N/N=C/c1cccs1)c1cc(C2CC2)nc2ccc(Br)cc12. The summed E-state index contributed by atoms with van der Waals surface area (Å²) in [5.74, 6) is 0.273. The number of pyridine rings is 1. The molecule has 0 radical (unpaired) electrons. The number of amides is 1. The Bertz CT molecular complexity index is 933. The quantitative estimate of drug-likeness (QED) is 0.510. The molecule has 0 unspecified atom stereocenters. The molecular formula is C18H14BrN3OS. The Morgan fingerprint density at radius 2 is 2.21 bits per heavy atom. The summed E-state index contributed by atoms with van der Waals surface area (Å²) in [6.45, 7) is 0. The minimum atomic E-state index is -0.213. The highest BCUT2D eigenvalue weighted by atomic mass is 79.9. The number of benzene rings is 1. The molecular weight excluding hydrogens is 386 g/mol. The molecule has 4 rings (SSSR count). The highest BCUT2D eigenvalue weighted by Gasteiger charge is 2.27. The maximum Gasteiger partial charge on any atom is 0.272 e. The van der Waals surface area contributed by atoms with Crippen LogP contribution in [0.15, 0.2) is 51.4 Å². The second-order valence-corrected chi connectivity index (χ2v) is 7.64. The fraction of sp³-hybridized carbons (Fsp3) is 0.167. The minimum Gasteiger partial charge on any atom is -0.267 e. The van der Waals surface area contributed by atoms with Gasteiger partial charge in [-0.15, -0.1) is 11.3 Å². The van der Waals surface area contributed by atoms with Crippen molar-refractivity contribution in [3.05, 3.63) is 62.4 Å². The van der Waals surface area contributed by atoms with Gasteiger partial charge < -0.3 is 0 Å². The molecule has 0 bridgehead atoms. The number of halogens is 1. The van der Waals surface area contributed by atoms with Crippen molar-refractivity contribution < 1.29 is 4.79 Å². The predicted octanol–water partition coefficient (Wildman–Crippen LogP) is 4.70. The van der Waals surface area contributed by atoms with E-state index in [0.29, 0.717) is 11.5 Å². The summed E-state index contributed by atoms with van der Waals surface area (Å²) < 4.78 is 0.923. The highest BCUT2D eigenvalue weighted by Crippen LogP contribution is 2.40. The number of nitrogens with one attached hydrogen (secondary N) is 1. The predicted molar refractivity (Wildman–Crippen MR) is 101 cm³/mol. The number of hydrazone groups is 1. The largest absolute Gasteiger partial charge is 0.272 e. The van der Waals surface area contributed by atoms with E-state index in [9.17, 15) is 4.79 Å². The van der Waals surface area contributed by atoms with Gasteiger partial charge in [0.15, 0.2) is 0 Å². The summed E-state index contributed by atoms with van der Waals surface area (Å²) in [6.07, 6.45) is 3.95. The van der Waals surface area contributed by atoms with Crippen molar-refractivity contribution in [3.63, 3.8) is 0 Å². The van der Waals surface area contributed by atoms with Gasteiger partial charge in [0.1, 0.15) is 0 Å². The Labute approximate surface area is 151 Å². The van der Waals surface area contributed by atoms with Gasteiger partial charge in [-0.3, -0.25) is 9.78 Å². The summed E-state index contributed by atoms with van der Waals surface area (Å²) in [7, 11) is 0. The van der Waals surface area contributed by atoms with E-state index in [2.05, 4.69) is 26.5 Å². The van der Waals surface area contributed by atoms with Crippen molar-refractivity contribution in [2.45, 2.75) is 18.8 Å². The van der Waals surface area contributed by atoms with Crippen LogP contribution in [-0.2, 0) is 0 Å². The van der Waals surface area contributed by atoms with Crippen molar-refractivity contribution in [2.75, 3.05) is 0 Å². The van der Waals surface area contributed by atoms with Gasteiger partial charge in [-0.05, 0) is 48.6 Å². The Morgan fingerprint density at radius 3 is 2.96 bits per heavy atom. The molecule has 0 saturated heterocycles. The molecule has 4 nitrogen and oxygen atoms in total. The standard InChI is InChI=1S/C18H14BrN3OS/c19-12-5-6-16-14(8-12)15(9-17(21-16)11-3-4-11)18(23)22-20-10-13-2-1-7-24-13/h1-2,5-11H,3-4H2,(H,22,23)/b20-10+. The van der Waals surface area contributed by atoms with Crippen LogP contribution in [0.3, 0.4) is 0 Å². The molecule has 6 heteroatoms. The molecule has 1 saturated carbocycles. The Morgan fingerprint density at radius 1 is 1.33 bits per heavy atom. The van der Waals surface area contributed by atoms with Crippen LogP contribution in [0.4, 0.5) is 0 Å². The number of aromatic nitrogens is 1. The van der Waals surface area contributed by atoms with Gasteiger partial charge in [0.25, 0.3) is 5.91 Å². The van der Waals surface area contributed by atoms with Crippen molar-refractivity contribution in [1.29, 1.82) is 0 Å². The lowest BCUT2D eigenvalue weighted by atomic mass is 10.1. The van der Waals surface area contributed by atoms with Gasteiger partial charge in [0.05, 0.1) is 17.3 Å². The number of nitrogens with zero attached hydrogens (tertiary/aromatic N) is 2. The number of thiophene rings is 1. The molecule has 0 atom stereocenters. The third kappa shape index (κ3) is 3.25. The van der Waals surface area contributed by atoms with E-state index < -0.39 is 0 Å². The lowest BCUT2D eigenvalue weighted by Crippen LogP contribution is -2.18. The molecule has 1 fully saturated rings. The first kappa shape index (κ1) is 15.5. The van der Waals surface area contributed by atoms with Crippen molar-refractivity contribution in [1.82, 2.24) is 10.4 Å². The zero-order chi connectivity index (χ0) is 16.5. The first-order valence-corrected chi connectivity index (χ1v) is 9.35. The van der Waals surface area contributed by atoms with Gasteiger partial charge in [-0.2, -0.15) is 5.10 Å². The van der Waals surface area contributed by atoms with Crippen LogP contribution in [0.5, 0.6) is 0 Å². The zero-order valence-electron chi connectivity index (χ0n) is 12.7. The molecule has 1 aliphatic carbocycles. The number of carbonyl (C=O) groups is 1. The molecule has 1 amide bonds. The number of hydrogen-bond acceptors (Lipinski definition) is 4. The van der Waals surface area contributed by atoms with Crippen LogP contribution >= 0.6 is 27.3 Å². The fourth-order valence-corrected chi connectivity index (χ4v) is 3.52. The Kier molecular flexibility index (Phi) is 4.16. The maximum atomic E-state index is 12.6. The normalized spacial score (nSPS) is 14.4.